The van der Waals surface area contributed by atoms with Crippen molar-refractivity contribution in [1.82, 2.24) is 0 Å². The normalized spacial score (nSPS) is 9.42. The highest BCUT2D eigenvalue weighted by molar-refractivity contribution is 7.15. The summed E-state index contributed by atoms with van der Waals surface area (Å²) in [5, 5.41) is 9.25. The average Bonchev–Trinajstić information content (AvgIpc) is 2.09. The summed E-state index contributed by atoms with van der Waals surface area (Å²) in [4.78, 5) is 9.97. The van der Waals surface area contributed by atoms with E-state index in [1.165, 1.54) is 12.1 Å². The van der Waals surface area contributed by atoms with Gasteiger partial charge in [0.1, 0.15) is 11.5 Å². The van der Waals surface area contributed by atoms with Crippen molar-refractivity contribution in [3.8, 4) is 11.5 Å². The molecule has 0 heterocycles. The Morgan fingerprint density at radius 3 is 2.92 bits per heavy atom. The molecule has 0 spiro atoms. The van der Waals surface area contributed by atoms with Crippen molar-refractivity contribution < 1.29 is 14.6 Å². The minimum atomic E-state index is 0.211. The standard InChI is InChI=1S/C8H9O3P/c9-5-11-7-1-2-8(10)6(3-7)4-12/h1-3,5,10H,4,12H2. The zero-order chi connectivity index (χ0) is 8.97. The van der Waals surface area contributed by atoms with Gasteiger partial charge in [-0.15, -0.1) is 9.24 Å². The minimum Gasteiger partial charge on any atom is -0.508 e. The van der Waals surface area contributed by atoms with Gasteiger partial charge in [0.2, 0.25) is 0 Å². The molecule has 0 saturated carbocycles. The van der Waals surface area contributed by atoms with Crippen LogP contribution >= 0.6 is 9.24 Å². The Morgan fingerprint density at radius 2 is 2.33 bits per heavy atom. The van der Waals surface area contributed by atoms with E-state index in [1.807, 2.05) is 0 Å². The molecule has 0 fully saturated rings. The van der Waals surface area contributed by atoms with Gasteiger partial charge < -0.3 is 9.84 Å². The van der Waals surface area contributed by atoms with E-state index in [2.05, 4.69) is 14.0 Å². The third kappa shape index (κ3) is 1.95. The molecule has 0 amide bonds. The van der Waals surface area contributed by atoms with Gasteiger partial charge in [-0.05, 0) is 24.4 Å². The third-order valence-electron chi connectivity index (χ3n) is 1.46. The van der Waals surface area contributed by atoms with Gasteiger partial charge in [-0.3, -0.25) is 4.79 Å². The average molecular weight is 184 g/mol. The number of carbonyl (C=O) groups excluding carboxylic acids is 1. The Morgan fingerprint density at radius 1 is 1.58 bits per heavy atom. The van der Waals surface area contributed by atoms with Crippen LogP contribution in [-0.2, 0) is 11.0 Å². The highest BCUT2D eigenvalue weighted by Gasteiger charge is 2.00. The summed E-state index contributed by atoms with van der Waals surface area (Å²) in [7, 11) is 2.48. The van der Waals surface area contributed by atoms with E-state index in [9.17, 15) is 9.90 Å². The molecule has 1 N–H and O–H groups in total. The van der Waals surface area contributed by atoms with Crippen LogP contribution in [-0.4, -0.2) is 11.6 Å². The summed E-state index contributed by atoms with van der Waals surface area (Å²) >= 11 is 0. The highest BCUT2D eigenvalue weighted by atomic mass is 31.0. The molecule has 1 aromatic carbocycles. The number of aromatic hydroxyl groups is 1. The van der Waals surface area contributed by atoms with E-state index in [-0.39, 0.29) is 5.75 Å². The van der Waals surface area contributed by atoms with Crippen LogP contribution in [0.4, 0.5) is 0 Å². The number of phenolic OH excluding ortho intramolecular Hbond substituents is 1. The maximum absolute atomic E-state index is 9.97. The van der Waals surface area contributed by atoms with Crippen molar-refractivity contribution in [1.29, 1.82) is 0 Å². The zero-order valence-electron chi connectivity index (χ0n) is 6.36. The van der Waals surface area contributed by atoms with Crippen LogP contribution in [0, 0.1) is 0 Å². The third-order valence-corrected chi connectivity index (χ3v) is 1.89. The zero-order valence-corrected chi connectivity index (χ0v) is 7.51. The first-order chi connectivity index (χ1) is 5.77. The number of benzene rings is 1. The van der Waals surface area contributed by atoms with E-state index in [1.54, 1.807) is 6.07 Å². The molecule has 0 aliphatic carbocycles. The Bertz CT molecular complexity index is 286. The fourth-order valence-electron chi connectivity index (χ4n) is 0.854. The highest BCUT2D eigenvalue weighted by Crippen LogP contribution is 2.24. The van der Waals surface area contributed by atoms with Crippen LogP contribution in [0.2, 0.25) is 0 Å². The van der Waals surface area contributed by atoms with Gasteiger partial charge in [0.15, 0.2) is 0 Å². The summed E-state index contributed by atoms with van der Waals surface area (Å²) in [6.45, 7) is 0.360. The van der Waals surface area contributed by atoms with E-state index in [4.69, 9.17) is 0 Å². The summed E-state index contributed by atoms with van der Waals surface area (Å²) < 4.78 is 4.60. The molecule has 1 unspecified atom stereocenters. The molecular formula is C8H9O3P. The van der Waals surface area contributed by atoms with Crippen LogP contribution in [0.1, 0.15) is 5.56 Å². The maximum Gasteiger partial charge on any atom is 0.298 e. The predicted molar refractivity (Wildman–Crippen MR) is 48.2 cm³/mol. The fraction of sp³-hybridized carbons (Fsp3) is 0.125. The molecule has 0 aliphatic heterocycles. The Hall–Kier alpha value is -1.08. The molecule has 0 saturated heterocycles. The molecular weight excluding hydrogens is 175 g/mol. The molecule has 1 aromatic rings. The van der Waals surface area contributed by atoms with Gasteiger partial charge in [-0.2, -0.15) is 0 Å². The second-order valence-corrected chi connectivity index (χ2v) is 2.62. The second-order valence-electron chi connectivity index (χ2n) is 2.21. The molecule has 0 aliphatic rings. The van der Waals surface area contributed by atoms with Crippen molar-refractivity contribution in [2.24, 2.45) is 0 Å². The van der Waals surface area contributed by atoms with Crippen molar-refractivity contribution in [3.05, 3.63) is 23.8 Å². The molecule has 3 nitrogen and oxygen atoms in total. The minimum absolute atomic E-state index is 0.211. The maximum atomic E-state index is 9.97. The van der Waals surface area contributed by atoms with E-state index in [0.717, 1.165) is 5.56 Å². The van der Waals surface area contributed by atoms with Crippen LogP contribution in [0.5, 0.6) is 11.5 Å². The van der Waals surface area contributed by atoms with E-state index in [0.29, 0.717) is 18.4 Å². The number of ether oxygens (including phenoxy) is 1. The summed E-state index contributed by atoms with van der Waals surface area (Å²) in [5.74, 6) is 0.656. The first-order valence-electron chi connectivity index (χ1n) is 3.40. The van der Waals surface area contributed by atoms with Crippen LogP contribution in [0.25, 0.3) is 0 Å². The molecule has 0 radical (unpaired) electrons. The van der Waals surface area contributed by atoms with Gasteiger partial charge in [0, 0.05) is 5.56 Å². The smallest absolute Gasteiger partial charge is 0.298 e. The Labute approximate surface area is 72.6 Å². The lowest BCUT2D eigenvalue weighted by Crippen LogP contribution is -1.89. The molecule has 0 aromatic heterocycles. The summed E-state index contributed by atoms with van der Waals surface area (Å²) in [6.07, 6.45) is 0.627. The Kier molecular flexibility index (Phi) is 3.06. The Balaban J connectivity index is 2.96. The number of phenols is 1. The van der Waals surface area contributed by atoms with Crippen molar-refractivity contribution in [3.63, 3.8) is 0 Å². The van der Waals surface area contributed by atoms with Gasteiger partial charge in [0.25, 0.3) is 6.47 Å². The number of rotatable bonds is 3. The van der Waals surface area contributed by atoms with Gasteiger partial charge >= 0.3 is 0 Å². The van der Waals surface area contributed by atoms with E-state index < -0.39 is 0 Å². The number of hydrogen-bond acceptors (Lipinski definition) is 3. The topological polar surface area (TPSA) is 46.5 Å². The number of hydrogen-bond donors (Lipinski definition) is 1. The van der Waals surface area contributed by atoms with Gasteiger partial charge in [-0.25, -0.2) is 0 Å². The van der Waals surface area contributed by atoms with Crippen molar-refractivity contribution in [2.45, 2.75) is 6.16 Å². The lowest BCUT2D eigenvalue weighted by Gasteiger charge is -2.02. The van der Waals surface area contributed by atoms with Crippen molar-refractivity contribution in [2.75, 3.05) is 0 Å². The molecule has 1 rings (SSSR count). The largest absolute Gasteiger partial charge is 0.508 e. The van der Waals surface area contributed by atoms with Gasteiger partial charge in [-0.1, -0.05) is 0 Å². The lowest BCUT2D eigenvalue weighted by atomic mass is 10.2. The first kappa shape index (κ1) is 9.01. The molecule has 4 heteroatoms. The SMILES string of the molecule is O=COc1ccc(O)c(CP)c1. The number of carbonyl (C=O) groups is 1. The predicted octanol–water partition coefficient (Wildman–Crippen LogP) is 1.30. The van der Waals surface area contributed by atoms with Crippen LogP contribution in [0.3, 0.4) is 0 Å². The molecule has 12 heavy (non-hydrogen) atoms. The molecule has 64 valence electrons. The monoisotopic (exact) mass is 184 g/mol. The molecule has 0 bridgehead atoms. The first-order valence-corrected chi connectivity index (χ1v) is 4.22. The van der Waals surface area contributed by atoms with E-state index >= 15 is 0 Å². The fourth-order valence-corrected chi connectivity index (χ4v) is 1.18. The lowest BCUT2D eigenvalue weighted by molar-refractivity contribution is -0.120. The van der Waals surface area contributed by atoms with Crippen LogP contribution < -0.4 is 4.74 Å². The summed E-state index contributed by atoms with van der Waals surface area (Å²) in [6, 6.07) is 4.66. The quantitative estimate of drug-likeness (QED) is 0.569. The van der Waals surface area contributed by atoms with Gasteiger partial charge in [0.05, 0.1) is 0 Å². The summed E-state index contributed by atoms with van der Waals surface area (Å²) in [5.41, 5.74) is 0.736. The van der Waals surface area contributed by atoms with Crippen molar-refractivity contribution >= 4 is 15.7 Å². The second kappa shape index (κ2) is 4.07. The molecule has 1 atom stereocenters. The van der Waals surface area contributed by atoms with Crippen LogP contribution in [0.15, 0.2) is 18.2 Å².